The first kappa shape index (κ1) is 15.8. The Hall–Kier alpha value is -1.21. The molecule has 0 spiro atoms. The van der Waals surface area contributed by atoms with Gasteiger partial charge >= 0.3 is 5.69 Å². The molecule has 1 aromatic rings. The van der Waals surface area contributed by atoms with Crippen molar-refractivity contribution in [2.75, 3.05) is 31.5 Å². The topological polar surface area (TPSA) is 71.3 Å². The molecule has 1 aromatic heterocycles. The Bertz CT molecular complexity index is 424. The van der Waals surface area contributed by atoms with Crippen LogP contribution in [0.3, 0.4) is 0 Å². The van der Waals surface area contributed by atoms with E-state index in [9.17, 15) is 10.1 Å². The third-order valence-corrected chi connectivity index (χ3v) is 3.52. The van der Waals surface area contributed by atoms with E-state index in [1.807, 2.05) is 0 Å². The maximum absolute atomic E-state index is 10.9. The fraction of sp³-hybridized carbons (Fsp3) is 0.583. The Labute approximate surface area is 121 Å². The van der Waals surface area contributed by atoms with Crippen LogP contribution in [0.1, 0.15) is 20.3 Å². The third-order valence-electron chi connectivity index (χ3n) is 2.92. The summed E-state index contributed by atoms with van der Waals surface area (Å²) in [7, 11) is 0. The van der Waals surface area contributed by atoms with Gasteiger partial charge in [0.2, 0.25) is 0 Å². The lowest BCUT2D eigenvalue weighted by molar-refractivity contribution is -0.384. The highest BCUT2D eigenvalue weighted by Crippen LogP contribution is 2.30. The van der Waals surface area contributed by atoms with Gasteiger partial charge < -0.3 is 10.2 Å². The number of halogens is 1. The number of rotatable bonds is 8. The highest BCUT2D eigenvalue weighted by atomic mass is 79.9. The fourth-order valence-electron chi connectivity index (χ4n) is 1.79. The highest BCUT2D eigenvalue weighted by Gasteiger charge is 2.16. The molecule has 7 heteroatoms. The number of nitro groups is 1. The summed E-state index contributed by atoms with van der Waals surface area (Å²) >= 11 is 3.28. The van der Waals surface area contributed by atoms with E-state index in [4.69, 9.17) is 0 Å². The average molecular weight is 331 g/mol. The van der Waals surface area contributed by atoms with Crippen molar-refractivity contribution in [2.45, 2.75) is 20.3 Å². The predicted octanol–water partition coefficient (Wildman–Crippen LogP) is 2.90. The molecule has 0 aromatic carbocycles. The minimum Gasteiger partial charge on any atom is -0.378 e. The number of nitrogens with one attached hydrogen (secondary N) is 1. The van der Waals surface area contributed by atoms with Gasteiger partial charge in [0.15, 0.2) is 0 Å². The van der Waals surface area contributed by atoms with Crippen LogP contribution < -0.4 is 5.32 Å². The Morgan fingerprint density at radius 1 is 1.42 bits per heavy atom. The maximum atomic E-state index is 10.9. The molecule has 0 saturated carbocycles. The van der Waals surface area contributed by atoms with Crippen LogP contribution in [0, 0.1) is 10.1 Å². The second-order valence-electron chi connectivity index (χ2n) is 4.08. The molecule has 1 heterocycles. The van der Waals surface area contributed by atoms with E-state index in [0.29, 0.717) is 16.7 Å². The Morgan fingerprint density at radius 2 is 2.11 bits per heavy atom. The van der Waals surface area contributed by atoms with E-state index in [2.05, 4.69) is 45.0 Å². The molecule has 6 nitrogen and oxygen atoms in total. The number of hydrogen-bond acceptors (Lipinski definition) is 5. The van der Waals surface area contributed by atoms with Gasteiger partial charge in [-0.3, -0.25) is 15.1 Å². The molecule has 0 unspecified atom stereocenters. The van der Waals surface area contributed by atoms with Gasteiger partial charge in [-0.25, -0.2) is 0 Å². The van der Waals surface area contributed by atoms with Crippen molar-refractivity contribution < 1.29 is 4.92 Å². The molecule has 106 valence electrons. The van der Waals surface area contributed by atoms with E-state index in [1.165, 1.54) is 6.20 Å². The van der Waals surface area contributed by atoms with Gasteiger partial charge in [0, 0.05) is 12.7 Å². The van der Waals surface area contributed by atoms with E-state index < -0.39 is 4.92 Å². The average Bonchev–Trinajstić information content (AvgIpc) is 2.40. The summed E-state index contributed by atoms with van der Waals surface area (Å²) in [6, 6.07) is 0. The summed E-state index contributed by atoms with van der Waals surface area (Å²) in [6.45, 7) is 7.98. The Kier molecular flexibility index (Phi) is 6.72. The van der Waals surface area contributed by atoms with Gasteiger partial charge in [-0.05, 0) is 42.0 Å². The van der Waals surface area contributed by atoms with E-state index >= 15 is 0 Å². The van der Waals surface area contributed by atoms with Crippen molar-refractivity contribution in [3.05, 3.63) is 27.0 Å². The molecule has 0 radical (unpaired) electrons. The van der Waals surface area contributed by atoms with Crippen LogP contribution in [0.5, 0.6) is 0 Å². The molecule has 0 saturated heterocycles. The Balaban J connectivity index is 2.56. The second kappa shape index (κ2) is 8.06. The zero-order chi connectivity index (χ0) is 14.3. The zero-order valence-electron chi connectivity index (χ0n) is 11.2. The van der Waals surface area contributed by atoms with Crippen molar-refractivity contribution in [2.24, 2.45) is 0 Å². The van der Waals surface area contributed by atoms with Gasteiger partial charge in [0.05, 0.1) is 9.40 Å². The summed E-state index contributed by atoms with van der Waals surface area (Å²) in [6.07, 6.45) is 3.75. The molecule has 1 rings (SSSR count). The second-order valence-corrected chi connectivity index (χ2v) is 4.93. The summed E-state index contributed by atoms with van der Waals surface area (Å²) < 4.78 is 0.615. The summed E-state index contributed by atoms with van der Waals surface area (Å²) in [5.74, 6) is 0. The normalized spacial score (nSPS) is 10.7. The largest absolute Gasteiger partial charge is 0.378 e. The van der Waals surface area contributed by atoms with Crippen LogP contribution in [0.25, 0.3) is 0 Å². The van der Waals surface area contributed by atoms with Gasteiger partial charge in [-0.1, -0.05) is 13.8 Å². The number of hydrogen-bond donors (Lipinski definition) is 1. The first-order valence-corrected chi connectivity index (χ1v) is 7.13. The minimum absolute atomic E-state index is 0.00258. The number of pyridine rings is 1. The quantitative estimate of drug-likeness (QED) is 0.450. The monoisotopic (exact) mass is 330 g/mol. The van der Waals surface area contributed by atoms with Crippen LogP contribution in [-0.2, 0) is 0 Å². The van der Waals surface area contributed by atoms with E-state index in [0.717, 1.165) is 26.1 Å². The van der Waals surface area contributed by atoms with Crippen molar-refractivity contribution >= 4 is 27.3 Å². The lowest BCUT2D eigenvalue weighted by Crippen LogP contribution is -2.25. The molecule has 0 aliphatic rings. The lowest BCUT2D eigenvalue weighted by Gasteiger charge is -2.18. The molecule has 19 heavy (non-hydrogen) atoms. The van der Waals surface area contributed by atoms with E-state index in [-0.39, 0.29) is 5.69 Å². The van der Waals surface area contributed by atoms with Gasteiger partial charge in [0.1, 0.15) is 11.9 Å². The predicted molar refractivity (Wildman–Crippen MR) is 79.5 cm³/mol. The summed E-state index contributed by atoms with van der Waals surface area (Å²) in [5, 5.41) is 14.0. The van der Waals surface area contributed by atoms with Crippen LogP contribution >= 0.6 is 15.9 Å². The minimum atomic E-state index is -0.426. The molecular formula is C12H19BrN4O2. The standard InChI is InChI=1S/C12H19BrN4O2/c1-3-16(4-2)7-5-6-15-12-10(13)8-14-9-11(12)17(18)19/h8-9H,3-7H2,1-2H3,(H,14,15). The highest BCUT2D eigenvalue weighted by molar-refractivity contribution is 9.10. The van der Waals surface area contributed by atoms with Crippen molar-refractivity contribution in [3.63, 3.8) is 0 Å². The van der Waals surface area contributed by atoms with E-state index in [1.54, 1.807) is 6.20 Å². The number of anilines is 1. The van der Waals surface area contributed by atoms with Gasteiger partial charge in [-0.2, -0.15) is 0 Å². The SMILES string of the molecule is CCN(CC)CCCNc1c(Br)cncc1[N+](=O)[O-]. The molecule has 0 bridgehead atoms. The fourth-order valence-corrected chi connectivity index (χ4v) is 2.26. The van der Waals surface area contributed by atoms with Crippen molar-refractivity contribution in [3.8, 4) is 0 Å². The third kappa shape index (κ3) is 4.76. The zero-order valence-corrected chi connectivity index (χ0v) is 12.8. The number of aromatic nitrogens is 1. The molecule has 0 aliphatic heterocycles. The molecule has 0 fully saturated rings. The molecule has 1 N–H and O–H groups in total. The molecule has 0 atom stereocenters. The van der Waals surface area contributed by atoms with Gasteiger partial charge in [0.25, 0.3) is 0 Å². The molecule has 0 amide bonds. The summed E-state index contributed by atoms with van der Waals surface area (Å²) in [4.78, 5) is 16.6. The maximum Gasteiger partial charge on any atom is 0.311 e. The number of nitrogens with zero attached hydrogens (tertiary/aromatic N) is 3. The first-order chi connectivity index (χ1) is 9.10. The van der Waals surface area contributed by atoms with Crippen LogP contribution in [0.4, 0.5) is 11.4 Å². The van der Waals surface area contributed by atoms with Crippen LogP contribution in [0.15, 0.2) is 16.9 Å². The van der Waals surface area contributed by atoms with Crippen LogP contribution in [-0.4, -0.2) is 41.0 Å². The van der Waals surface area contributed by atoms with Crippen molar-refractivity contribution in [1.82, 2.24) is 9.88 Å². The Morgan fingerprint density at radius 3 is 2.68 bits per heavy atom. The van der Waals surface area contributed by atoms with Gasteiger partial charge in [-0.15, -0.1) is 0 Å². The smallest absolute Gasteiger partial charge is 0.311 e. The van der Waals surface area contributed by atoms with Crippen molar-refractivity contribution in [1.29, 1.82) is 0 Å². The molecular weight excluding hydrogens is 312 g/mol. The lowest BCUT2D eigenvalue weighted by atomic mass is 10.3. The first-order valence-electron chi connectivity index (χ1n) is 6.34. The molecule has 0 aliphatic carbocycles. The van der Waals surface area contributed by atoms with Crippen LogP contribution in [0.2, 0.25) is 0 Å². The summed E-state index contributed by atoms with van der Waals surface area (Å²) in [5.41, 5.74) is 0.497.